The largest absolute Gasteiger partial charge is 0.492 e. The van der Waals surface area contributed by atoms with Crippen LogP contribution < -0.4 is 20.7 Å². The van der Waals surface area contributed by atoms with E-state index in [0.717, 1.165) is 11.6 Å². The van der Waals surface area contributed by atoms with E-state index in [4.69, 9.17) is 10.5 Å². The maximum absolute atomic E-state index is 12.1. The third-order valence-corrected chi connectivity index (χ3v) is 2.97. The lowest BCUT2D eigenvalue weighted by Gasteiger charge is -2.11. The summed E-state index contributed by atoms with van der Waals surface area (Å²) >= 11 is 0. The van der Waals surface area contributed by atoms with E-state index >= 15 is 0 Å². The molecule has 0 aliphatic heterocycles. The van der Waals surface area contributed by atoms with Crippen LogP contribution in [0.15, 0.2) is 42.6 Å². The second-order valence-electron chi connectivity index (χ2n) is 4.92. The van der Waals surface area contributed by atoms with Gasteiger partial charge < -0.3 is 20.7 Å². The first-order valence-electron chi connectivity index (χ1n) is 6.98. The minimum absolute atomic E-state index is 0. The van der Waals surface area contributed by atoms with Gasteiger partial charge in [-0.25, -0.2) is 4.98 Å². The van der Waals surface area contributed by atoms with Gasteiger partial charge in [0.15, 0.2) is 0 Å². The van der Waals surface area contributed by atoms with Crippen molar-refractivity contribution in [3.63, 3.8) is 0 Å². The summed E-state index contributed by atoms with van der Waals surface area (Å²) in [6.45, 7) is 0.935. The standard InChI is InChI=1S/C16H20N4O2.2ClH/c1-20(2)15-8-3-12(11-18-15)16(21)19-13-4-6-14(7-5-13)22-10-9-17;;/h3-8,11H,9-10,17H2,1-2H3,(H,19,21);2*1H. The summed E-state index contributed by atoms with van der Waals surface area (Å²) in [5.74, 6) is 1.33. The summed E-state index contributed by atoms with van der Waals surface area (Å²) in [7, 11) is 3.80. The number of anilines is 2. The van der Waals surface area contributed by atoms with Crippen molar-refractivity contribution in [2.24, 2.45) is 5.73 Å². The van der Waals surface area contributed by atoms with Crippen LogP contribution in [-0.4, -0.2) is 38.1 Å². The molecule has 2 aromatic rings. The van der Waals surface area contributed by atoms with Crippen molar-refractivity contribution in [2.75, 3.05) is 37.5 Å². The number of rotatable bonds is 6. The van der Waals surface area contributed by atoms with E-state index in [1.165, 1.54) is 0 Å². The van der Waals surface area contributed by atoms with E-state index in [-0.39, 0.29) is 30.7 Å². The molecular weight excluding hydrogens is 351 g/mol. The zero-order valence-corrected chi connectivity index (χ0v) is 15.2. The Labute approximate surface area is 154 Å². The third-order valence-electron chi connectivity index (χ3n) is 2.97. The number of carbonyl (C=O) groups is 1. The highest BCUT2D eigenvalue weighted by Gasteiger charge is 2.07. The second-order valence-corrected chi connectivity index (χ2v) is 4.92. The highest BCUT2D eigenvalue weighted by molar-refractivity contribution is 6.04. The number of nitrogens with zero attached hydrogens (tertiary/aromatic N) is 2. The SMILES string of the molecule is CN(C)c1ccc(C(=O)Nc2ccc(OCCN)cc2)cn1.Cl.Cl. The van der Waals surface area contributed by atoms with Crippen LogP contribution in [0.25, 0.3) is 0 Å². The topological polar surface area (TPSA) is 80.5 Å². The number of hydrogen-bond donors (Lipinski definition) is 2. The van der Waals surface area contributed by atoms with E-state index in [0.29, 0.717) is 24.4 Å². The Bertz CT molecular complexity index is 619. The number of pyridine rings is 1. The number of amides is 1. The third kappa shape index (κ3) is 6.23. The van der Waals surface area contributed by atoms with Gasteiger partial charge in [0.1, 0.15) is 18.2 Å². The van der Waals surface area contributed by atoms with E-state index in [2.05, 4.69) is 10.3 Å². The summed E-state index contributed by atoms with van der Waals surface area (Å²) in [4.78, 5) is 18.2. The molecule has 0 saturated heterocycles. The molecule has 0 bridgehead atoms. The first kappa shape index (κ1) is 22.0. The number of benzene rings is 1. The number of aromatic nitrogens is 1. The van der Waals surface area contributed by atoms with Crippen LogP contribution in [0.3, 0.4) is 0 Å². The van der Waals surface area contributed by atoms with Crippen molar-refractivity contribution in [3.05, 3.63) is 48.2 Å². The van der Waals surface area contributed by atoms with Crippen molar-refractivity contribution in [1.82, 2.24) is 4.98 Å². The van der Waals surface area contributed by atoms with E-state index < -0.39 is 0 Å². The molecule has 1 aromatic carbocycles. The quantitative estimate of drug-likeness (QED) is 0.814. The molecule has 132 valence electrons. The highest BCUT2D eigenvalue weighted by Crippen LogP contribution is 2.16. The van der Waals surface area contributed by atoms with Crippen LogP contribution in [0.2, 0.25) is 0 Å². The Balaban J connectivity index is 0.00000264. The van der Waals surface area contributed by atoms with Crippen molar-refractivity contribution < 1.29 is 9.53 Å². The first-order chi connectivity index (χ1) is 10.6. The molecule has 6 nitrogen and oxygen atoms in total. The summed E-state index contributed by atoms with van der Waals surface area (Å²) in [5, 5.41) is 2.82. The maximum atomic E-state index is 12.1. The lowest BCUT2D eigenvalue weighted by molar-refractivity contribution is 0.102. The summed E-state index contributed by atoms with van der Waals surface area (Å²) in [5.41, 5.74) is 6.58. The van der Waals surface area contributed by atoms with Crippen molar-refractivity contribution in [3.8, 4) is 5.75 Å². The lowest BCUT2D eigenvalue weighted by Crippen LogP contribution is -2.14. The van der Waals surface area contributed by atoms with E-state index in [1.807, 2.05) is 19.0 Å². The van der Waals surface area contributed by atoms with Crippen LogP contribution in [0.5, 0.6) is 5.75 Å². The zero-order chi connectivity index (χ0) is 15.9. The highest BCUT2D eigenvalue weighted by atomic mass is 35.5. The normalized spacial score (nSPS) is 9.29. The number of carbonyl (C=O) groups excluding carboxylic acids is 1. The molecule has 3 N–H and O–H groups in total. The molecule has 0 fully saturated rings. The smallest absolute Gasteiger partial charge is 0.257 e. The van der Waals surface area contributed by atoms with Crippen LogP contribution in [-0.2, 0) is 0 Å². The molecule has 24 heavy (non-hydrogen) atoms. The molecule has 2 rings (SSSR count). The molecule has 0 radical (unpaired) electrons. The molecule has 1 amide bonds. The maximum Gasteiger partial charge on any atom is 0.257 e. The fraction of sp³-hybridized carbons (Fsp3) is 0.250. The fourth-order valence-electron chi connectivity index (χ4n) is 1.80. The van der Waals surface area contributed by atoms with Gasteiger partial charge in [-0.15, -0.1) is 24.8 Å². The molecule has 1 aromatic heterocycles. The van der Waals surface area contributed by atoms with Crippen molar-refractivity contribution in [1.29, 1.82) is 0 Å². The predicted molar refractivity (Wildman–Crippen MR) is 102 cm³/mol. The zero-order valence-electron chi connectivity index (χ0n) is 13.6. The molecule has 0 aliphatic carbocycles. The molecular formula is C16H22Cl2N4O2. The molecule has 0 unspecified atom stereocenters. The van der Waals surface area contributed by atoms with Gasteiger partial charge in [0.2, 0.25) is 0 Å². The van der Waals surface area contributed by atoms with Gasteiger partial charge in [0.05, 0.1) is 5.56 Å². The van der Waals surface area contributed by atoms with Gasteiger partial charge in [-0.3, -0.25) is 4.79 Å². The van der Waals surface area contributed by atoms with Crippen LogP contribution in [0, 0.1) is 0 Å². The minimum atomic E-state index is -0.201. The average Bonchev–Trinajstić information content (AvgIpc) is 2.54. The number of nitrogens with two attached hydrogens (primary N) is 1. The Morgan fingerprint density at radius 2 is 1.83 bits per heavy atom. The van der Waals surface area contributed by atoms with Crippen LogP contribution in [0.1, 0.15) is 10.4 Å². The van der Waals surface area contributed by atoms with Gasteiger partial charge in [-0.1, -0.05) is 0 Å². The number of halogens is 2. The fourth-order valence-corrected chi connectivity index (χ4v) is 1.80. The van der Waals surface area contributed by atoms with Gasteiger partial charge in [-0.2, -0.15) is 0 Å². The van der Waals surface area contributed by atoms with E-state index in [1.54, 1.807) is 42.6 Å². The minimum Gasteiger partial charge on any atom is -0.492 e. The molecule has 0 saturated carbocycles. The van der Waals surface area contributed by atoms with Crippen LogP contribution in [0.4, 0.5) is 11.5 Å². The van der Waals surface area contributed by atoms with Crippen molar-refractivity contribution >= 4 is 42.2 Å². The van der Waals surface area contributed by atoms with Gasteiger partial charge in [-0.05, 0) is 36.4 Å². The monoisotopic (exact) mass is 372 g/mol. The predicted octanol–water partition coefficient (Wildman–Crippen LogP) is 2.58. The average molecular weight is 373 g/mol. The number of nitrogens with one attached hydrogen (secondary N) is 1. The molecule has 0 atom stereocenters. The Morgan fingerprint density at radius 1 is 1.17 bits per heavy atom. The Kier molecular flexibility index (Phi) is 9.80. The summed E-state index contributed by atoms with van der Waals surface area (Å²) in [6, 6.07) is 10.7. The van der Waals surface area contributed by atoms with Gasteiger partial charge in [0.25, 0.3) is 5.91 Å². The first-order valence-corrected chi connectivity index (χ1v) is 6.98. The Morgan fingerprint density at radius 3 is 2.33 bits per heavy atom. The number of ether oxygens (including phenoxy) is 1. The molecule has 0 aliphatic rings. The molecule has 1 heterocycles. The summed E-state index contributed by atoms with van der Waals surface area (Å²) < 4.78 is 5.38. The van der Waals surface area contributed by atoms with E-state index in [9.17, 15) is 4.79 Å². The van der Waals surface area contributed by atoms with Gasteiger partial charge in [0, 0.05) is 32.5 Å². The Hall–Kier alpha value is -2.02. The molecule has 8 heteroatoms. The second kappa shape index (κ2) is 10.7. The number of hydrogen-bond acceptors (Lipinski definition) is 5. The molecule has 0 spiro atoms. The van der Waals surface area contributed by atoms with Crippen molar-refractivity contribution in [2.45, 2.75) is 0 Å². The summed E-state index contributed by atoms with van der Waals surface area (Å²) in [6.07, 6.45) is 1.56. The lowest BCUT2D eigenvalue weighted by atomic mass is 10.2. The van der Waals surface area contributed by atoms with Gasteiger partial charge >= 0.3 is 0 Å². The van der Waals surface area contributed by atoms with Crippen LogP contribution >= 0.6 is 24.8 Å².